The number of aromatic amines is 1. The molecule has 0 saturated carbocycles. The fourth-order valence-corrected chi connectivity index (χ4v) is 3.13. The molecule has 0 bridgehead atoms. The van der Waals surface area contributed by atoms with Crippen molar-refractivity contribution in [3.05, 3.63) is 17.2 Å². The minimum atomic E-state index is 0.119. The minimum absolute atomic E-state index is 0.119. The number of hydrogen-bond acceptors (Lipinski definition) is 1. The molecule has 1 aromatic rings. The molecule has 0 aliphatic rings. The first-order valence-electron chi connectivity index (χ1n) is 9.19. The molecule has 1 heterocycles. The summed E-state index contributed by atoms with van der Waals surface area (Å²) < 4.78 is 0. The number of rotatable bonds is 8. The minimum Gasteiger partial charge on any atom is -0.345 e. The summed E-state index contributed by atoms with van der Waals surface area (Å²) in [7, 11) is 0. The molecule has 1 aromatic heterocycles. The zero-order valence-corrected chi connectivity index (χ0v) is 16.5. The van der Waals surface area contributed by atoms with Gasteiger partial charge in [0.1, 0.15) is 5.82 Å². The first-order chi connectivity index (χ1) is 10.1. The lowest BCUT2D eigenvalue weighted by molar-refractivity contribution is 0.401. The van der Waals surface area contributed by atoms with Crippen molar-refractivity contribution < 1.29 is 0 Å². The number of nitrogens with zero attached hydrogens (tertiary/aromatic N) is 1. The van der Waals surface area contributed by atoms with Gasteiger partial charge in [-0.15, -0.1) is 0 Å². The van der Waals surface area contributed by atoms with Gasteiger partial charge in [0.05, 0.1) is 5.69 Å². The Morgan fingerprint density at radius 3 is 1.77 bits per heavy atom. The summed E-state index contributed by atoms with van der Waals surface area (Å²) in [5, 5.41) is 0. The van der Waals surface area contributed by atoms with E-state index >= 15 is 0 Å². The molecule has 0 spiro atoms. The van der Waals surface area contributed by atoms with Gasteiger partial charge in [-0.3, -0.25) is 0 Å². The van der Waals surface area contributed by atoms with Crippen LogP contribution < -0.4 is 0 Å². The molecular formula is C20H38N2. The van der Waals surface area contributed by atoms with Gasteiger partial charge in [-0.25, -0.2) is 4.98 Å². The predicted molar refractivity (Wildman–Crippen MR) is 97.8 cm³/mol. The highest BCUT2D eigenvalue weighted by Gasteiger charge is 2.36. The van der Waals surface area contributed by atoms with E-state index in [0.29, 0.717) is 0 Å². The van der Waals surface area contributed by atoms with Gasteiger partial charge in [-0.2, -0.15) is 0 Å². The Hall–Kier alpha value is -0.790. The number of H-pyrrole nitrogens is 1. The lowest BCUT2D eigenvalue weighted by Crippen LogP contribution is -2.27. The van der Waals surface area contributed by atoms with Gasteiger partial charge in [-0.05, 0) is 25.7 Å². The van der Waals surface area contributed by atoms with Crippen LogP contribution >= 0.6 is 0 Å². The zero-order valence-electron chi connectivity index (χ0n) is 16.5. The highest BCUT2D eigenvalue weighted by molar-refractivity contribution is 5.31. The standard InChI is InChI=1S/C20H38N2/c1-10-14-19(7,8)17-21-15(18(5,6)11-2)16(22-17)20(9,12-3)13-4/h10-14H2,1-9H3,(H,21,22). The zero-order chi connectivity index (χ0) is 17.2. The van der Waals surface area contributed by atoms with E-state index in [4.69, 9.17) is 4.98 Å². The molecule has 0 aliphatic carbocycles. The third-order valence-electron chi connectivity index (χ3n) is 5.91. The van der Waals surface area contributed by atoms with Crippen LogP contribution in [0.1, 0.15) is 112 Å². The van der Waals surface area contributed by atoms with E-state index in [0.717, 1.165) is 19.3 Å². The maximum absolute atomic E-state index is 5.15. The Kier molecular flexibility index (Phi) is 5.92. The quantitative estimate of drug-likeness (QED) is 0.604. The number of nitrogens with one attached hydrogen (secondary N) is 1. The molecule has 0 radical (unpaired) electrons. The van der Waals surface area contributed by atoms with Crippen LogP contribution in [-0.2, 0) is 16.2 Å². The van der Waals surface area contributed by atoms with Gasteiger partial charge < -0.3 is 4.98 Å². The van der Waals surface area contributed by atoms with Gasteiger partial charge in [0.15, 0.2) is 0 Å². The van der Waals surface area contributed by atoms with Crippen LogP contribution in [0.3, 0.4) is 0 Å². The first-order valence-corrected chi connectivity index (χ1v) is 9.19. The Morgan fingerprint density at radius 2 is 1.36 bits per heavy atom. The predicted octanol–water partition coefficient (Wildman–Crippen LogP) is 6.25. The highest BCUT2D eigenvalue weighted by Crippen LogP contribution is 2.40. The van der Waals surface area contributed by atoms with Crippen molar-refractivity contribution in [3.63, 3.8) is 0 Å². The van der Waals surface area contributed by atoms with Crippen LogP contribution in [-0.4, -0.2) is 9.97 Å². The molecule has 0 fully saturated rings. The third kappa shape index (κ3) is 3.58. The maximum atomic E-state index is 5.15. The molecule has 1 N–H and O–H groups in total. The average Bonchev–Trinajstić information content (AvgIpc) is 2.94. The van der Waals surface area contributed by atoms with Crippen molar-refractivity contribution in [2.24, 2.45) is 0 Å². The summed E-state index contributed by atoms with van der Waals surface area (Å²) in [4.78, 5) is 8.93. The fraction of sp³-hybridized carbons (Fsp3) is 0.850. The molecule has 0 unspecified atom stereocenters. The van der Waals surface area contributed by atoms with Crippen molar-refractivity contribution in [1.29, 1.82) is 0 Å². The van der Waals surface area contributed by atoms with E-state index in [-0.39, 0.29) is 16.2 Å². The molecule has 0 saturated heterocycles. The third-order valence-corrected chi connectivity index (χ3v) is 5.91. The normalized spacial score (nSPS) is 13.7. The van der Waals surface area contributed by atoms with Crippen LogP contribution in [0.2, 0.25) is 0 Å². The van der Waals surface area contributed by atoms with Gasteiger partial charge in [-0.1, -0.05) is 68.7 Å². The molecule has 2 nitrogen and oxygen atoms in total. The molecule has 2 heteroatoms. The van der Waals surface area contributed by atoms with Crippen LogP contribution in [0, 0.1) is 0 Å². The van der Waals surface area contributed by atoms with E-state index in [9.17, 15) is 0 Å². The summed E-state index contributed by atoms with van der Waals surface area (Å²) in [6.45, 7) is 20.8. The number of hydrogen-bond donors (Lipinski definition) is 1. The van der Waals surface area contributed by atoms with E-state index in [1.165, 1.54) is 30.1 Å². The summed E-state index contributed by atoms with van der Waals surface area (Å²) in [6.07, 6.45) is 5.76. The fourth-order valence-electron chi connectivity index (χ4n) is 3.13. The van der Waals surface area contributed by atoms with Crippen molar-refractivity contribution in [1.82, 2.24) is 9.97 Å². The number of imidazole rings is 1. The Morgan fingerprint density at radius 1 is 0.818 bits per heavy atom. The Bertz CT molecular complexity index is 476. The van der Waals surface area contributed by atoms with Crippen molar-refractivity contribution in [2.75, 3.05) is 0 Å². The van der Waals surface area contributed by atoms with Gasteiger partial charge in [0, 0.05) is 21.9 Å². The largest absolute Gasteiger partial charge is 0.345 e. The van der Waals surface area contributed by atoms with E-state index in [2.05, 4.69) is 67.3 Å². The second-order valence-corrected chi connectivity index (χ2v) is 8.45. The molecule has 128 valence electrons. The summed E-state index contributed by atoms with van der Waals surface area (Å²) in [5.41, 5.74) is 3.10. The molecule has 1 rings (SSSR count). The summed E-state index contributed by atoms with van der Waals surface area (Å²) >= 11 is 0. The van der Waals surface area contributed by atoms with Crippen LogP contribution in [0.25, 0.3) is 0 Å². The lowest BCUT2D eigenvalue weighted by Gasteiger charge is -2.31. The second kappa shape index (κ2) is 6.76. The lowest BCUT2D eigenvalue weighted by atomic mass is 9.75. The Labute approximate surface area is 138 Å². The van der Waals surface area contributed by atoms with Crippen molar-refractivity contribution in [3.8, 4) is 0 Å². The second-order valence-electron chi connectivity index (χ2n) is 8.45. The van der Waals surface area contributed by atoms with E-state index in [1.807, 2.05) is 0 Å². The Balaban J connectivity index is 3.51. The van der Waals surface area contributed by atoms with Gasteiger partial charge >= 0.3 is 0 Å². The van der Waals surface area contributed by atoms with Crippen LogP contribution in [0.5, 0.6) is 0 Å². The van der Waals surface area contributed by atoms with Crippen LogP contribution in [0.4, 0.5) is 0 Å². The molecule has 0 aliphatic heterocycles. The monoisotopic (exact) mass is 306 g/mol. The molecule has 0 amide bonds. The van der Waals surface area contributed by atoms with Crippen LogP contribution in [0.15, 0.2) is 0 Å². The first kappa shape index (κ1) is 19.3. The van der Waals surface area contributed by atoms with Gasteiger partial charge in [0.25, 0.3) is 0 Å². The van der Waals surface area contributed by atoms with E-state index in [1.54, 1.807) is 0 Å². The molecular weight excluding hydrogens is 268 g/mol. The number of aromatic nitrogens is 2. The summed E-state index contributed by atoms with van der Waals surface area (Å²) in [5.74, 6) is 1.18. The molecule has 0 atom stereocenters. The van der Waals surface area contributed by atoms with Crippen molar-refractivity contribution >= 4 is 0 Å². The van der Waals surface area contributed by atoms with Gasteiger partial charge in [0.2, 0.25) is 0 Å². The van der Waals surface area contributed by atoms with Crippen molar-refractivity contribution in [2.45, 2.75) is 111 Å². The SMILES string of the molecule is CCCC(C)(C)c1nc(C(C)(C)CC)c(C(C)(CC)CC)[nH]1. The molecule has 22 heavy (non-hydrogen) atoms. The van der Waals surface area contributed by atoms with E-state index < -0.39 is 0 Å². The smallest absolute Gasteiger partial charge is 0.112 e. The molecule has 0 aromatic carbocycles. The average molecular weight is 307 g/mol. The summed E-state index contributed by atoms with van der Waals surface area (Å²) in [6, 6.07) is 0. The highest BCUT2D eigenvalue weighted by atomic mass is 15.0. The topological polar surface area (TPSA) is 28.7 Å². The maximum Gasteiger partial charge on any atom is 0.112 e.